The van der Waals surface area contributed by atoms with Crippen LogP contribution in [0.4, 0.5) is 0 Å². The average Bonchev–Trinajstić information content (AvgIpc) is 2.77. The number of carbonyl (C=O) groups is 1. The van der Waals surface area contributed by atoms with Crippen molar-refractivity contribution in [3.8, 4) is 11.3 Å². The summed E-state index contributed by atoms with van der Waals surface area (Å²) in [7, 11) is 0. The molecule has 1 aliphatic carbocycles. The number of aromatic nitrogens is 3. The lowest BCUT2D eigenvalue weighted by atomic mass is 9.90. The van der Waals surface area contributed by atoms with E-state index in [0.717, 1.165) is 21.4 Å². The van der Waals surface area contributed by atoms with Crippen molar-refractivity contribution in [1.29, 1.82) is 0 Å². The van der Waals surface area contributed by atoms with Crippen LogP contribution in [0.15, 0.2) is 31.1 Å². The Labute approximate surface area is 115 Å². The molecule has 0 radical (unpaired) electrons. The first kappa shape index (κ1) is 12.4. The SMILES string of the molecule is C=CCn1nc2c(c1C(=O)O)CCc1c[n+](O)ccc1-2. The van der Waals surface area contributed by atoms with Crippen LogP contribution in [0.1, 0.15) is 21.6 Å². The molecule has 0 saturated carbocycles. The summed E-state index contributed by atoms with van der Waals surface area (Å²) in [5.74, 6) is -0.975. The molecule has 2 heterocycles. The number of hydrogen-bond donors (Lipinski definition) is 2. The first-order chi connectivity index (χ1) is 9.61. The highest BCUT2D eigenvalue weighted by molar-refractivity contribution is 5.90. The Morgan fingerprint density at radius 2 is 2.35 bits per heavy atom. The number of fused-ring (bicyclic) bond motifs is 3. The smallest absolute Gasteiger partial charge is 0.354 e. The van der Waals surface area contributed by atoms with Gasteiger partial charge in [-0.3, -0.25) is 9.89 Å². The molecule has 102 valence electrons. The molecular weight excluding hydrogens is 258 g/mol. The van der Waals surface area contributed by atoms with E-state index in [1.165, 1.54) is 10.9 Å². The highest BCUT2D eigenvalue weighted by atomic mass is 16.5. The number of nitrogens with zero attached hydrogens (tertiary/aromatic N) is 3. The molecule has 0 spiro atoms. The first-order valence-corrected chi connectivity index (χ1v) is 6.29. The molecule has 3 rings (SSSR count). The van der Waals surface area contributed by atoms with Crippen LogP contribution in [0.5, 0.6) is 0 Å². The first-order valence-electron chi connectivity index (χ1n) is 6.29. The van der Waals surface area contributed by atoms with Gasteiger partial charge in [0.25, 0.3) is 0 Å². The van der Waals surface area contributed by atoms with E-state index < -0.39 is 5.97 Å². The maximum atomic E-state index is 11.5. The molecule has 20 heavy (non-hydrogen) atoms. The van der Waals surface area contributed by atoms with Crippen LogP contribution in [-0.2, 0) is 19.4 Å². The normalized spacial score (nSPS) is 12.6. The number of aryl methyl sites for hydroxylation is 1. The maximum Gasteiger partial charge on any atom is 0.354 e. The van der Waals surface area contributed by atoms with Gasteiger partial charge in [0.15, 0.2) is 0 Å². The van der Waals surface area contributed by atoms with Gasteiger partial charge < -0.3 is 5.11 Å². The summed E-state index contributed by atoms with van der Waals surface area (Å²) in [6.07, 6.45) is 6.06. The fraction of sp³-hybridized carbons (Fsp3) is 0.214. The minimum Gasteiger partial charge on any atom is -0.477 e. The zero-order chi connectivity index (χ0) is 14.3. The van der Waals surface area contributed by atoms with Crippen LogP contribution in [0.2, 0.25) is 0 Å². The zero-order valence-corrected chi connectivity index (χ0v) is 10.8. The van der Waals surface area contributed by atoms with Crippen molar-refractivity contribution in [1.82, 2.24) is 9.78 Å². The van der Waals surface area contributed by atoms with Gasteiger partial charge in [0.05, 0.1) is 12.2 Å². The average molecular weight is 272 g/mol. The van der Waals surface area contributed by atoms with Crippen LogP contribution in [-0.4, -0.2) is 26.1 Å². The Kier molecular flexibility index (Phi) is 2.78. The predicted molar refractivity (Wildman–Crippen MR) is 69.6 cm³/mol. The molecule has 1 aliphatic rings. The van der Waals surface area contributed by atoms with Crippen LogP contribution in [0.25, 0.3) is 11.3 Å². The second-order valence-corrected chi connectivity index (χ2v) is 4.72. The summed E-state index contributed by atoms with van der Waals surface area (Å²) in [5, 5.41) is 23.2. The summed E-state index contributed by atoms with van der Waals surface area (Å²) in [4.78, 5) is 11.5. The molecule has 6 nitrogen and oxygen atoms in total. The van der Waals surface area contributed by atoms with Gasteiger partial charge in [0.2, 0.25) is 12.4 Å². The van der Waals surface area contributed by atoms with Crippen molar-refractivity contribution in [2.24, 2.45) is 0 Å². The summed E-state index contributed by atoms with van der Waals surface area (Å²) in [6, 6.07) is 1.75. The van der Waals surface area contributed by atoms with Crippen molar-refractivity contribution in [3.63, 3.8) is 0 Å². The molecule has 2 aromatic heterocycles. The lowest BCUT2D eigenvalue weighted by Crippen LogP contribution is -2.30. The van der Waals surface area contributed by atoms with Crippen molar-refractivity contribution < 1.29 is 19.8 Å². The minimum atomic E-state index is -0.975. The molecule has 6 heteroatoms. The second kappa shape index (κ2) is 4.48. The lowest BCUT2D eigenvalue weighted by molar-refractivity contribution is -0.905. The summed E-state index contributed by atoms with van der Waals surface area (Å²) in [5.41, 5.74) is 3.50. The third-order valence-electron chi connectivity index (χ3n) is 3.48. The van der Waals surface area contributed by atoms with Gasteiger partial charge in [0, 0.05) is 27.5 Å². The van der Waals surface area contributed by atoms with E-state index in [4.69, 9.17) is 0 Å². The Morgan fingerprint density at radius 1 is 1.55 bits per heavy atom. The Bertz CT molecular complexity index is 719. The van der Waals surface area contributed by atoms with Crippen molar-refractivity contribution in [3.05, 3.63) is 47.9 Å². The molecule has 0 aliphatic heterocycles. The van der Waals surface area contributed by atoms with E-state index in [0.29, 0.717) is 25.1 Å². The largest absolute Gasteiger partial charge is 0.477 e. The quantitative estimate of drug-likeness (QED) is 0.497. The van der Waals surface area contributed by atoms with E-state index in [9.17, 15) is 15.1 Å². The lowest BCUT2D eigenvalue weighted by Gasteiger charge is -2.12. The number of aromatic carboxylic acids is 1. The van der Waals surface area contributed by atoms with E-state index in [1.807, 2.05) is 0 Å². The highest BCUT2D eigenvalue weighted by Crippen LogP contribution is 2.33. The van der Waals surface area contributed by atoms with E-state index >= 15 is 0 Å². The third-order valence-corrected chi connectivity index (χ3v) is 3.48. The molecule has 0 saturated heterocycles. The fourth-order valence-corrected chi connectivity index (χ4v) is 2.67. The zero-order valence-electron chi connectivity index (χ0n) is 10.8. The minimum absolute atomic E-state index is 0.228. The number of rotatable bonds is 3. The van der Waals surface area contributed by atoms with Gasteiger partial charge in [-0.2, -0.15) is 5.10 Å². The third kappa shape index (κ3) is 1.77. The van der Waals surface area contributed by atoms with Gasteiger partial charge in [-0.1, -0.05) is 6.08 Å². The molecule has 0 aromatic carbocycles. The Morgan fingerprint density at radius 3 is 3.05 bits per heavy atom. The van der Waals surface area contributed by atoms with Crippen molar-refractivity contribution in [2.45, 2.75) is 19.4 Å². The number of carboxylic acids is 1. The van der Waals surface area contributed by atoms with Gasteiger partial charge in [0.1, 0.15) is 5.69 Å². The number of allylic oxidation sites excluding steroid dienone is 1. The standard InChI is InChI=1S/C14H13N3O3/c1-2-6-17-13(14(18)19)11-4-3-9-8-16(20)7-5-10(9)12(11)15-17/h2,5,7-8H,1,3-4,6H2,(H-,15,18,19,20)/p+1. The Balaban J connectivity index is 2.23. The number of carboxylic acid groups (broad SMARTS) is 1. The number of hydrogen-bond acceptors (Lipinski definition) is 3. The maximum absolute atomic E-state index is 11.5. The molecule has 2 aromatic rings. The van der Waals surface area contributed by atoms with Gasteiger partial charge in [-0.25, -0.2) is 4.79 Å². The van der Waals surface area contributed by atoms with Gasteiger partial charge in [-0.15, -0.1) is 6.58 Å². The molecule has 2 N–H and O–H groups in total. The second-order valence-electron chi connectivity index (χ2n) is 4.72. The Hall–Kier alpha value is -2.63. The van der Waals surface area contributed by atoms with Crippen molar-refractivity contribution in [2.75, 3.05) is 0 Å². The predicted octanol–water partition coefficient (Wildman–Crippen LogP) is 1.06. The van der Waals surface area contributed by atoms with Crippen LogP contribution in [0, 0.1) is 0 Å². The number of pyridine rings is 1. The van der Waals surface area contributed by atoms with Gasteiger partial charge in [-0.05, 0) is 12.8 Å². The van der Waals surface area contributed by atoms with Crippen LogP contribution in [0.3, 0.4) is 0 Å². The summed E-state index contributed by atoms with van der Waals surface area (Å²) in [6.45, 7) is 3.99. The molecule has 0 amide bonds. The van der Waals surface area contributed by atoms with E-state index in [-0.39, 0.29) is 5.69 Å². The molecular formula is C14H14N3O3+. The van der Waals surface area contributed by atoms with E-state index in [2.05, 4.69) is 11.7 Å². The fourth-order valence-electron chi connectivity index (χ4n) is 2.67. The van der Waals surface area contributed by atoms with Crippen LogP contribution < -0.4 is 4.73 Å². The topological polar surface area (TPSA) is 79.2 Å². The van der Waals surface area contributed by atoms with Gasteiger partial charge >= 0.3 is 5.97 Å². The molecule has 0 atom stereocenters. The van der Waals surface area contributed by atoms with Crippen LogP contribution >= 0.6 is 0 Å². The molecule has 0 unspecified atom stereocenters. The molecule has 0 bridgehead atoms. The summed E-state index contributed by atoms with van der Waals surface area (Å²) >= 11 is 0. The highest BCUT2D eigenvalue weighted by Gasteiger charge is 2.29. The van der Waals surface area contributed by atoms with E-state index in [1.54, 1.807) is 18.3 Å². The monoisotopic (exact) mass is 272 g/mol. The van der Waals surface area contributed by atoms with Crippen molar-refractivity contribution >= 4 is 5.97 Å². The molecule has 0 fully saturated rings. The summed E-state index contributed by atoms with van der Waals surface area (Å²) < 4.78 is 2.47.